The number of aryl methyl sites for hydroxylation is 1. The molecule has 3 N–H and O–H groups in total. The highest BCUT2D eigenvalue weighted by Crippen LogP contribution is 2.23. The van der Waals surface area contributed by atoms with Crippen molar-refractivity contribution in [3.63, 3.8) is 0 Å². The minimum absolute atomic E-state index is 0.166. The lowest BCUT2D eigenvalue weighted by Crippen LogP contribution is -2.13. The normalized spacial score (nSPS) is 8.86. The molecule has 14 heavy (non-hydrogen) atoms. The Bertz CT molecular complexity index is 294. The molecule has 0 atom stereocenters. The zero-order chi connectivity index (χ0) is 11.0. The second-order valence-electron chi connectivity index (χ2n) is 2.51. The Kier molecular flexibility index (Phi) is 7.00. The molecule has 0 aliphatic rings. The van der Waals surface area contributed by atoms with Gasteiger partial charge in [-0.25, -0.2) is 0 Å². The van der Waals surface area contributed by atoms with Gasteiger partial charge in [-0.3, -0.25) is 16.1 Å². The highest BCUT2D eigenvalue weighted by molar-refractivity contribution is 7.94. The molecule has 0 fully saturated rings. The number of nitrogens with two attached hydrogens (primary N) is 1. The first kappa shape index (κ1) is 13.1. The van der Waals surface area contributed by atoms with Crippen molar-refractivity contribution in [2.24, 2.45) is 5.84 Å². The smallest absolute Gasteiger partial charge is 0.150 e. The van der Waals surface area contributed by atoms with Crippen molar-refractivity contribution in [2.75, 3.05) is 7.05 Å². The molecule has 0 radical (unpaired) electrons. The van der Waals surface area contributed by atoms with E-state index in [1.165, 1.54) is 6.07 Å². The van der Waals surface area contributed by atoms with E-state index >= 15 is 0 Å². The topological polar surface area (TPSA) is 55.1 Å². The van der Waals surface area contributed by atoms with Crippen LogP contribution < -0.4 is 11.3 Å². The molecule has 0 saturated heterocycles. The second-order valence-corrected chi connectivity index (χ2v) is 3.10. The van der Waals surface area contributed by atoms with Crippen LogP contribution in [0.15, 0.2) is 23.1 Å². The maximum atomic E-state index is 12.1. The fraction of sp³-hybridized carbons (Fsp3) is 0.222. The number of carbonyl (C=O) groups is 1. The van der Waals surface area contributed by atoms with Gasteiger partial charge in [0.1, 0.15) is 6.29 Å². The fourth-order valence-electron chi connectivity index (χ4n) is 0.773. The lowest BCUT2D eigenvalue weighted by Gasteiger charge is -1.98. The molecule has 1 aromatic rings. The molecule has 0 saturated carbocycles. The van der Waals surface area contributed by atoms with Crippen LogP contribution in [-0.2, 0) is 0 Å². The quantitative estimate of drug-likeness (QED) is 0.450. The van der Waals surface area contributed by atoms with Gasteiger partial charge in [0.25, 0.3) is 0 Å². The number of hydrogen-bond donors (Lipinski definition) is 2. The molecular weight excluding hydrogens is 203 g/mol. The summed E-state index contributed by atoms with van der Waals surface area (Å²) in [4.78, 5) is 10.8. The van der Waals surface area contributed by atoms with Gasteiger partial charge in [-0.15, -0.1) is 0 Å². The first-order valence-corrected chi connectivity index (χ1v) is 4.63. The van der Waals surface area contributed by atoms with Crippen LogP contribution in [0.25, 0.3) is 0 Å². The van der Waals surface area contributed by atoms with Crippen LogP contribution in [0.1, 0.15) is 15.9 Å². The number of aldehydes is 1. The van der Waals surface area contributed by atoms with Gasteiger partial charge in [0.05, 0.1) is 12.1 Å². The van der Waals surface area contributed by atoms with Gasteiger partial charge in [-0.2, -0.15) is 3.89 Å². The Labute approximate surface area is 87.1 Å². The Morgan fingerprint density at radius 3 is 2.57 bits per heavy atom. The molecule has 0 aliphatic carbocycles. The number of halogens is 1. The van der Waals surface area contributed by atoms with Gasteiger partial charge in [0.2, 0.25) is 0 Å². The molecule has 0 unspecified atom stereocenters. The molecular formula is C9H13FN2OS. The van der Waals surface area contributed by atoms with Gasteiger partial charge in [-0.05, 0) is 25.6 Å². The van der Waals surface area contributed by atoms with E-state index in [4.69, 9.17) is 0 Å². The average molecular weight is 216 g/mol. The number of nitrogens with one attached hydrogen (secondary N) is 1. The van der Waals surface area contributed by atoms with E-state index in [9.17, 15) is 8.68 Å². The van der Waals surface area contributed by atoms with Crippen LogP contribution >= 0.6 is 12.1 Å². The van der Waals surface area contributed by atoms with Crippen LogP contribution in [0.4, 0.5) is 3.89 Å². The van der Waals surface area contributed by atoms with Gasteiger partial charge >= 0.3 is 0 Å². The van der Waals surface area contributed by atoms with E-state index in [1.54, 1.807) is 26.1 Å². The third-order valence-corrected chi connectivity index (χ3v) is 2.04. The van der Waals surface area contributed by atoms with E-state index < -0.39 is 0 Å². The highest BCUT2D eigenvalue weighted by atomic mass is 32.2. The predicted octanol–water partition coefficient (Wildman–Crippen LogP) is 1.86. The summed E-state index contributed by atoms with van der Waals surface area (Å²) >= 11 is 0.166. The molecule has 3 nitrogen and oxygen atoms in total. The highest BCUT2D eigenvalue weighted by Gasteiger charge is 1.99. The molecule has 0 aromatic heterocycles. The minimum Gasteiger partial charge on any atom is -0.298 e. The van der Waals surface area contributed by atoms with E-state index in [0.717, 1.165) is 5.56 Å². The standard InChI is InChI=1S/C8H7FOS.CH6N2/c1-6-2-3-7(5-10)4-8(6)11-9;1-3-2/h2-5H,1H3;3H,2H2,1H3. The number of rotatable bonds is 2. The third-order valence-electron chi connectivity index (χ3n) is 1.43. The summed E-state index contributed by atoms with van der Waals surface area (Å²) in [5.41, 5.74) is 3.61. The lowest BCUT2D eigenvalue weighted by molar-refractivity contribution is 0.112. The number of hydrogen-bond acceptors (Lipinski definition) is 4. The van der Waals surface area contributed by atoms with Crippen LogP contribution in [0.2, 0.25) is 0 Å². The molecule has 5 heteroatoms. The van der Waals surface area contributed by atoms with Crippen LogP contribution in [0.3, 0.4) is 0 Å². The van der Waals surface area contributed by atoms with Crippen molar-refractivity contribution in [1.82, 2.24) is 5.43 Å². The summed E-state index contributed by atoms with van der Waals surface area (Å²) in [6.45, 7) is 1.80. The first-order chi connectivity index (χ1) is 6.69. The predicted molar refractivity (Wildman–Crippen MR) is 56.8 cm³/mol. The largest absolute Gasteiger partial charge is 0.298 e. The Morgan fingerprint density at radius 1 is 1.57 bits per heavy atom. The minimum atomic E-state index is 0.166. The van der Waals surface area contributed by atoms with Crippen molar-refractivity contribution in [3.8, 4) is 0 Å². The van der Waals surface area contributed by atoms with Gasteiger partial charge < -0.3 is 0 Å². The Morgan fingerprint density at radius 2 is 2.14 bits per heavy atom. The monoisotopic (exact) mass is 216 g/mol. The SMILES string of the molecule is CNN.Cc1ccc(C=O)cc1SF. The van der Waals surface area contributed by atoms with Gasteiger partial charge in [0, 0.05) is 10.5 Å². The molecule has 0 bridgehead atoms. The Hall–Kier alpha value is -0.910. The van der Waals surface area contributed by atoms with Gasteiger partial charge in [0.15, 0.2) is 0 Å². The van der Waals surface area contributed by atoms with Crippen LogP contribution in [-0.4, -0.2) is 13.3 Å². The van der Waals surface area contributed by atoms with E-state index in [-0.39, 0.29) is 12.1 Å². The zero-order valence-electron chi connectivity index (χ0n) is 8.08. The van der Waals surface area contributed by atoms with E-state index in [0.29, 0.717) is 16.7 Å². The second kappa shape index (κ2) is 7.49. The summed E-state index contributed by atoms with van der Waals surface area (Å²) in [5.74, 6) is 4.60. The number of hydrazine groups is 1. The summed E-state index contributed by atoms with van der Waals surface area (Å²) in [6.07, 6.45) is 0.707. The molecule has 78 valence electrons. The summed E-state index contributed by atoms with van der Waals surface area (Å²) in [7, 11) is 1.65. The Balaban J connectivity index is 0.000000500. The van der Waals surface area contributed by atoms with Crippen molar-refractivity contribution >= 4 is 18.4 Å². The van der Waals surface area contributed by atoms with Crippen LogP contribution in [0, 0.1) is 6.92 Å². The van der Waals surface area contributed by atoms with Crippen molar-refractivity contribution in [1.29, 1.82) is 0 Å². The van der Waals surface area contributed by atoms with Gasteiger partial charge in [-0.1, -0.05) is 12.1 Å². The van der Waals surface area contributed by atoms with E-state index in [2.05, 4.69) is 11.3 Å². The van der Waals surface area contributed by atoms with E-state index in [1.807, 2.05) is 0 Å². The molecule has 1 aromatic carbocycles. The number of benzene rings is 1. The molecule has 0 spiro atoms. The molecule has 1 rings (SSSR count). The summed E-state index contributed by atoms with van der Waals surface area (Å²) in [5, 5.41) is 0. The van der Waals surface area contributed by atoms with Crippen molar-refractivity contribution < 1.29 is 8.68 Å². The van der Waals surface area contributed by atoms with Crippen molar-refractivity contribution in [3.05, 3.63) is 29.3 Å². The maximum absolute atomic E-state index is 12.1. The average Bonchev–Trinajstić information content (AvgIpc) is 2.20. The maximum Gasteiger partial charge on any atom is 0.150 e. The summed E-state index contributed by atoms with van der Waals surface area (Å²) < 4.78 is 12.1. The molecule has 0 aliphatic heterocycles. The lowest BCUT2D eigenvalue weighted by atomic mass is 10.2. The molecule has 0 heterocycles. The molecule has 0 amide bonds. The zero-order valence-corrected chi connectivity index (χ0v) is 8.90. The fourth-order valence-corrected chi connectivity index (χ4v) is 1.14. The summed E-state index contributed by atoms with van der Waals surface area (Å²) in [6, 6.07) is 4.93. The van der Waals surface area contributed by atoms with Crippen molar-refractivity contribution in [2.45, 2.75) is 11.8 Å². The van der Waals surface area contributed by atoms with Crippen LogP contribution in [0.5, 0.6) is 0 Å². The first-order valence-electron chi connectivity index (χ1n) is 3.91. The third kappa shape index (κ3) is 4.36. The number of carbonyl (C=O) groups excluding carboxylic acids is 1.